The molecule has 0 heterocycles. The van der Waals surface area contributed by atoms with Crippen LogP contribution < -0.4 is 0 Å². The molecule has 5 N–H and O–H groups in total. The SMILES string of the molecule is CCC(O)COCOCC(O)CO.COCOCC(O)CO.[Y].[Y]. The molecular weight excluding hydrogens is 478 g/mol. The van der Waals surface area contributed by atoms with Crippen molar-refractivity contribution >= 4 is 0 Å². The number of aliphatic hydroxyl groups is 5. The van der Waals surface area contributed by atoms with E-state index in [1.165, 1.54) is 7.11 Å². The Labute approximate surface area is 193 Å². The second-order valence-electron chi connectivity index (χ2n) is 4.37. The van der Waals surface area contributed by atoms with Crippen LogP contribution in [0.3, 0.4) is 0 Å². The van der Waals surface area contributed by atoms with Crippen molar-refractivity contribution in [3.63, 3.8) is 0 Å². The van der Waals surface area contributed by atoms with Gasteiger partial charge in [0.15, 0.2) is 0 Å². The average molecular weight is 508 g/mol. The first-order valence-corrected chi connectivity index (χ1v) is 6.99. The summed E-state index contributed by atoms with van der Waals surface area (Å²) in [6.45, 7) is 1.81. The number of ether oxygens (including phenoxy) is 4. The molecule has 0 bridgehead atoms. The van der Waals surface area contributed by atoms with Gasteiger partial charge in [0.05, 0.1) is 39.1 Å². The molecule has 0 aromatic carbocycles. The quantitative estimate of drug-likeness (QED) is 0.142. The van der Waals surface area contributed by atoms with Crippen LogP contribution in [0.1, 0.15) is 13.3 Å². The Morgan fingerprint density at radius 2 is 1.08 bits per heavy atom. The van der Waals surface area contributed by atoms with Crippen LogP contribution in [0.15, 0.2) is 0 Å². The Kier molecular flexibility index (Phi) is 37.7. The van der Waals surface area contributed by atoms with Crippen molar-refractivity contribution in [2.45, 2.75) is 31.7 Å². The summed E-state index contributed by atoms with van der Waals surface area (Å²) in [4.78, 5) is 0. The summed E-state index contributed by atoms with van der Waals surface area (Å²) in [5, 5.41) is 43.2. The van der Waals surface area contributed by atoms with Gasteiger partial charge in [-0.25, -0.2) is 0 Å². The summed E-state index contributed by atoms with van der Waals surface area (Å²) >= 11 is 0. The Morgan fingerprint density at radius 3 is 1.42 bits per heavy atom. The fourth-order valence-corrected chi connectivity index (χ4v) is 0.918. The first kappa shape index (κ1) is 33.4. The molecule has 11 heteroatoms. The molecule has 0 aliphatic heterocycles. The van der Waals surface area contributed by atoms with Crippen molar-refractivity contribution in [3.8, 4) is 0 Å². The molecule has 142 valence electrons. The monoisotopic (exact) mass is 508 g/mol. The van der Waals surface area contributed by atoms with Crippen molar-refractivity contribution in [3.05, 3.63) is 0 Å². The molecule has 0 rings (SSSR count). The molecule has 3 atom stereocenters. The van der Waals surface area contributed by atoms with Crippen LogP contribution in [-0.2, 0) is 84.4 Å². The average Bonchev–Trinajstić information content (AvgIpc) is 2.54. The maximum Gasteiger partial charge on any atom is 0.146 e. The Hall–Kier alpha value is 1.85. The van der Waals surface area contributed by atoms with Crippen molar-refractivity contribution in [2.24, 2.45) is 0 Å². The third-order valence-corrected chi connectivity index (χ3v) is 2.19. The van der Waals surface area contributed by atoms with Gasteiger partial charge in [-0.15, -0.1) is 0 Å². The van der Waals surface area contributed by atoms with E-state index in [1.54, 1.807) is 0 Å². The fraction of sp³-hybridized carbons (Fsp3) is 1.00. The zero-order chi connectivity index (χ0) is 17.2. The van der Waals surface area contributed by atoms with E-state index in [1.807, 2.05) is 6.92 Å². The minimum atomic E-state index is -0.861. The van der Waals surface area contributed by atoms with E-state index >= 15 is 0 Å². The third-order valence-electron chi connectivity index (χ3n) is 2.19. The van der Waals surface area contributed by atoms with Crippen LogP contribution in [0.4, 0.5) is 0 Å². The second-order valence-corrected chi connectivity index (χ2v) is 4.37. The number of methoxy groups -OCH3 is 1. The Morgan fingerprint density at radius 1 is 0.708 bits per heavy atom. The van der Waals surface area contributed by atoms with Gasteiger partial charge in [0, 0.05) is 72.5 Å². The van der Waals surface area contributed by atoms with Crippen molar-refractivity contribution in [1.82, 2.24) is 0 Å². The van der Waals surface area contributed by atoms with E-state index in [0.717, 1.165) is 0 Å². The molecule has 24 heavy (non-hydrogen) atoms. The predicted molar refractivity (Wildman–Crippen MR) is 77.1 cm³/mol. The minimum Gasteiger partial charge on any atom is -0.394 e. The second kappa shape index (κ2) is 27.1. The van der Waals surface area contributed by atoms with E-state index in [-0.39, 0.29) is 112 Å². The fourth-order valence-electron chi connectivity index (χ4n) is 0.918. The Bertz CT molecular complexity index is 204. The van der Waals surface area contributed by atoms with Crippen LogP contribution >= 0.6 is 0 Å². The summed E-state index contributed by atoms with van der Waals surface area (Å²) in [6, 6.07) is 0. The van der Waals surface area contributed by atoms with E-state index in [4.69, 9.17) is 39.7 Å². The van der Waals surface area contributed by atoms with Crippen LogP contribution in [0.5, 0.6) is 0 Å². The summed E-state index contributed by atoms with van der Waals surface area (Å²) < 4.78 is 19.0. The van der Waals surface area contributed by atoms with Gasteiger partial charge in [-0.05, 0) is 6.42 Å². The number of hydrogen-bond donors (Lipinski definition) is 5. The van der Waals surface area contributed by atoms with E-state index in [0.29, 0.717) is 6.42 Å². The third kappa shape index (κ3) is 28.6. The molecule has 0 fully saturated rings. The minimum absolute atomic E-state index is 0. The molecule has 0 aromatic rings. The molecule has 9 nitrogen and oxygen atoms in total. The van der Waals surface area contributed by atoms with Gasteiger partial charge < -0.3 is 44.5 Å². The van der Waals surface area contributed by atoms with Gasteiger partial charge >= 0.3 is 0 Å². The molecular formula is C13H30O9Y2. The Balaban J connectivity index is -0.000000162. The summed E-state index contributed by atoms with van der Waals surface area (Å²) in [5.74, 6) is 0. The van der Waals surface area contributed by atoms with E-state index in [2.05, 4.69) is 4.74 Å². The van der Waals surface area contributed by atoms with Crippen LogP contribution in [0, 0.1) is 0 Å². The summed E-state index contributed by atoms with van der Waals surface area (Å²) in [7, 11) is 1.49. The van der Waals surface area contributed by atoms with Gasteiger partial charge in [-0.1, -0.05) is 6.92 Å². The van der Waals surface area contributed by atoms with Crippen LogP contribution in [-0.4, -0.2) is 97.6 Å². The molecule has 2 radical (unpaired) electrons. The molecule has 0 aromatic heterocycles. The molecule has 0 saturated heterocycles. The first-order valence-electron chi connectivity index (χ1n) is 6.99. The van der Waals surface area contributed by atoms with Crippen LogP contribution in [0.25, 0.3) is 0 Å². The summed E-state index contributed by atoms with van der Waals surface area (Å²) in [5.41, 5.74) is 0. The standard InChI is InChI=1S/C8H18O5.C5H12O4.2Y/c1-2-7(10)4-12-6-13-5-8(11)3-9;1-8-4-9-3-5(7)2-6;;/h7-11H,2-6H2,1H3;5-7H,2-4H2,1H3;;. The van der Waals surface area contributed by atoms with Gasteiger partial charge in [0.1, 0.15) is 25.8 Å². The van der Waals surface area contributed by atoms with Gasteiger partial charge in [-0.2, -0.15) is 0 Å². The van der Waals surface area contributed by atoms with Crippen molar-refractivity contribution in [2.75, 3.05) is 53.7 Å². The summed E-state index contributed by atoms with van der Waals surface area (Å²) in [6.07, 6.45) is -1.48. The van der Waals surface area contributed by atoms with Crippen LogP contribution in [0.2, 0.25) is 0 Å². The van der Waals surface area contributed by atoms with E-state index in [9.17, 15) is 0 Å². The molecule has 0 spiro atoms. The van der Waals surface area contributed by atoms with Gasteiger partial charge in [0.2, 0.25) is 0 Å². The van der Waals surface area contributed by atoms with Gasteiger partial charge in [0.25, 0.3) is 0 Å². The normalized spacial score (nSPS) is 13.6. The zero-order valence-electron chi connectivity index (χ0n) is 14.4. The zero-order valence-corrected chi connectivity index (χ0v) is 20.1. The number of aliphatic hydroxyl groups excluding tert-OH is 5. The smallest absolute Gasteiger partial charge is 0.146 e. The maximum atomic E-state index is 9.04. The first-order chi connectivity index (χ1) is 10.5. The number of hydrogen-bond acceptors (Lipinski definition) is 9. The van der Waals surface area contributed by atoms with Crippen molar-refractivity contribution < 1.29 is 110 Å². The van der Waals surface area contributed by atoms with Crippen molar-refractivity contribution in [1.29, 1.82) is 0 Å². The molecule has 0 amide bonds. The topological polar surface area (TPSA) is 138 Å². The number of rotatable bonds is 13. The van der Waals surface area contributed by atoms with E-state index < -0.39 is 18.3 Å². The largest absolute Gasteiger partial charge is 0.394 e. The molecule has 0 aliphatic rings. The predicted octanol–water partition coefficient (Wildman–Crippen LogP) is -1.94. The molecule has 0 aliphatic carbocycles. The van der Waals surface area contributed by atoms with Gasteiger partial charge in [-0.3, -0.25) is 0 Å². The molecule has 3 unspecified atom stereocenters. The maximum absolute atomic E-state index is 9.04. The molecule has 0 saturated carbocycles.